The van der Waals surface area contributed by atoms with Crippen molar-refractivity contribution in [1.82, 2.24) is 0 Å². The Balaban J connectivity index is 1.96. The Morgan fingerprint density at radius 2 is 1.47 bits per heavy atom. The van der Waals surface area contributed by atoms with Gasteiger partial charge in [-0.2, -0.15) is 0 Å². The predicted octanol–water partition coefficient (Wildman–Crippen LogP) is 3.53. The van der Waals surface area contributed by atoms with Gasteiger partial charge in [-0.15, -0.1) is 0 Å². The zero-order valence-corrected chi connectivity index (χ0v) is 18.9. The molecule has 0 bridgehead atoms. The largest absolute Gasteiger partial charge is 0.497 e. The lowest BCUT2D eigenvalue weighted by molar-refractivity contribution is -0.962. The number of quaternary nitrogens is 1. The van der Waals surface area contributed by atoms with Crippen molar-refractivity contribution in [2.24, 2.45) is 5.73 Å². The van der Waals surface area contributed by atoms with Crippen LogP contribution in [0.5, 0.6) is 23.0 Å². The van der Waals surface area contributed by atoms with Crippen LogP contribution in [-0.2, 0) is 19.4 Å². The summed E-state index contributed by atoms with van der Waals surface area (Å²) in [5, 5.41) is 0. The van der Waals surface area contributed by atoms with Gasteiger partial charge in [0.25, 0.3) is 0 Å². The van der Waals surface area contributed by atoms with Gasteiger partial charge in [-0.05, 0) is 41.8 Å². The SMILES string of the molecule is CCC[N+]1(Cc2cc(OC)cc(OC)c2)CCc2cc(OC)c(OC)cc2CC1N. The molecule has 2 unspecified atom stereocenters. The molecular formula is C24H35N2O4+. The Kier molecular flexibility index (Phi) is 7.10. The first-order chi connectivity index (χ1) is 14.5. The molecule has 0 radical (unpaired) electrons. The molecule has 6 heteroatoms. The quantitative estimate of drug-likeness (QED) is 0.669. The molecule has 0 aliphatic carbocycles. The molecule has 2 atom stereocenters. The molecule has 1 aliphatic heterocycles. The molecule has 0 amide bonds. The number of fused-ring (bicyclic) bond motifs is 1. The van der Waals surface area contributed by atoms with Crippen LogP contribution >= 0.6 is 0 Å². The number of hydrogen-bond acceptors (Lipinski definition) is 5. The third-order valence-electron chi connectivity index (χ3n) is 6.24. The van der Waals surface area contributed by atoms with Gasteiger partial charge in [-0.25, -0.2) is 0 Å². The first kappa shape index (κ1) is 22.2. The molecule has 30 heavy (non-hydrogen) atoms. The van der Waals surface area contributed by atoms with Crippen LogP contribution in [0.1, 0.15) is 30.0 Å². The zero-order valence-electron chi connectivity index (χ0n) is 18.9. The highest BCUT2D eigenvalue weighted by Crippen LogP contribution is 2.35. The van der Waals surface area contributed by atoms with E-state index in [1.54, 1.807) is 28.4 Å². The number of ether oxygens (including phenoxy) is 4. The second-order valence-corrected chi connectivity index (χ2v) is 8.04. The molecule has 0 saturated carbocycles. The fourth-order valence-corrected chi connectivity index (χ4v) is 4.63. The van der Waals surface area contributed by atoms with Crippen LogP contribution in [0.4, 0.5) is 0 Å². The van der Waals surface area contributed by atoms with Crippen molar-refractivity contribution in [3.63, 3.8) is 0 Å². The van der Waals surface area contributed by atoms with Crippen molar-refractivity contribution in [3.8, 4) is 23.0 Å². The minimum atomic E-state index is -0.0125. The van der Waals surface area contributed by atoms with E-state index in [9.17, 15) is 0 Å². The van der Waals surface area contributed by atoms with Gasteiger partial charge >= 0.3 is 0 Å². The summed E-state index contributed by atoms with van der Waals surface area (Å²) in [4.78, 5) is 0. The maximum Gasteiger partial charge on any atom is 0.161 e. The molecule has 3 rings (SSSR count). The molecule has 0 aromatic heterocycles. The molecule has 1 heterocycles. The Bertz CT molecular complexity index is 848. The van der Waals surface area contributed by atoms with Crippen molar-refractivity contribution in [3.05, 3.63) is 47.0 Å². The molecule has 164 valence electrons. The molecule has 2 aromatic rings. The monoisotopic (exact) mass is 415 g/mol. The highest BCUT2D eigenvalue weighted by molar-refractivity contribution is 5.48. The lowest BCUT2D eigenvalue weighted by Gasteiger charge is -2.42. The number of nitrogens with two attached hydrogens (primary N) is 1. The van der Waals surface area contributed by atoms with Gasteiger partial charge in [-0.3, -0.25) is 5.73 Å². The Labute approximate surface area is 180 Å². The van der Waals surface area contributed by atoms with E-state index in [0.717, 1.165) is 66.4 Å². The third-order valence-corrected chi connectivity index (χ3v) is 6.24. The van der Waals surface area contributed by atoms with E-state index in [1.165, 1.54) is 16.7 Å². The molecule has 6 nitrogen and oxygen atoms in total. The summed E-state index contributed by atoms with van der Waals surface area (Å²) in [6, 6.07) is 10.3. The highest BCUT2D eigenvalue weighted by atomic mass is 16.5. The Morgan fingerprint density at radius 3 is 2.00 bits per heavy atom. The molecule has 2 N–H and O–H groups in total. The molecular weight excluding hydrogens is 380 g/mol. The maximum atomic E-state index is 6.90. The zero-order chi connectivity index (χ0) is 21.7. The van der Waals surface area contributed by atoms with E-state index >= 15 is 0 Å². The fraction of sp³-hybridized carbons (Fsp3) is 0.500. The average Bonchev–Trinajstić information content (AvgIpc) is 2.89. The van der Waals surface area contributed by atoms with Gasteiger partial charge in [0.15, 0.2) is 11.5 Å². The summed E-state index contributed by atoms with van der Waals surface area (Å²) in [6.07, 6.45) is 2.81. The second-order valence-electron chi connectivity index (χ2n) is 8.04. The van der Waals surface area contributed by atoms with Crippen molar-refractivity contribution < 1.29 is 23.4 Å². The van der Waals surface area contributed by atoms with Crippen molar-refractivity contribution >= 4 is 0 Å². The van der Waals surface area contributed by atoms with Gasteiger partial charge in [0.2, 0.25) is 0 Å². The average molecular weight is 416 g/mol. The van der Waals surface area contributed by atoms with Gasteiger partial charge in [0, 0.05) is 24.5 Å². The number of hydrogen-bond donors (Lipinski definition) is 1. The molecule has 2 aromatic carbocycles. The van der Waals surface area contributed by atoms with Crippen LogP contribution in [0.25, 0.3) is 0 Å². The molecule has 0 spiro atoms. The van der Waals surface area contributed by atoms with E-state index < -0.39 is 0 Å². The highest BCUT2D eigenvalue weighted by Gasteiger charge is 2.37. The topological polar surface area (TPSA) is 62.9 Å². The smallest absolute Gasteiger partial charge is 0.161 e. The van der Waals surface area contributed by atoms with E-state index in [0.29, 0.717) is 0 Å². The van der Waals surface area contributed by atoms with Crippen LogP contribution in [0.15, 0.2) is 30.3 Å². The Morgan fingerprint density at radius 1 is 0.867 bits per heavy atom. The number of rotatable bonds is 8. The van der Waals surface area contributed by atoms with Gasteiger partial charge in [0.05, 0.1) is 41.5 Å². The molecule has 0 saturated heterocycles. The van der Waals surface area contributed by atoms with E-state index in [-0.39, 0.29) is 6.17 Å². The summed E-state index contributed by atoms with van der Waals surface area (Å²) >= 11 is 0. The summed E-state index contributed by atoms with van der Waals surface area (Å²) < 4.78 is 22.9. The first-order valence-corrected chi connectivity index (χ1v) is 10.6. The van der Waals surface area contributed by atoms with E-state index in [1.807, 2.05) is 6.07 Å². The van der Waals surface area contributed by atoms with E-state index in [4.69, 9.17) is 24.7 Å². The lowest BCUT2D eigenvalue weighted by atomic mass is 10.0. The number of nitrogens with zero attached hydrogens (tertiary/aromatic N) is 1. The number of methoxy groups -OCH3 is 4. The summed E-state index contributed by atoms with van der Waals surface area (Å²) in [6.45, 7) is 5.05. The van der Waals surface area contributed by atoms with Crippen molar-refractivity contribution in [2.75, 3.05) is 41.5 Å². The third kappa shape index (κ3) is 4.50. The fourth-order valence-electron chi connectivity index (χ4n) is 4.63. The standard InChI is InChI=1S/C24H35N2O4/c1-6-8-26(16-17-10-20(27-2)15-21(11-17)28-3)9-7-18-12-22(29-4)23(30-5)13-19(18)14-24(26)25/h10-13,15,24H,6-9,14,16,25H2,1-5H3/q+1. The summed E-state index contributed by atoms with van der Waals surface area (Å²) in [5.74, 6) is 3.15. The van der Waals surface area contributed by atoms with Crippen LogP contribution in [-0.4, -0.2) is 52.2 Å². The molecule has 0 fully saturated rings. The van der Waals surface area contributed by atoms with Gasteiger partial charge in [-0.1, -0.05) is 6.92 Å². The van der Waals surface area contributed by atoms with E-state index in [2.05, 4.69) is 31.2 Å². The van der Waals surface area contributed by atoms with Gasteiger partial charge in [0.1, 0.15) is 24.2 Å². The summed E-state index contributed by atoms with van der Waals surface area (Å²) in [5.41, 5.74) is 10.6. The van der Waals surface area contributed by atoms with Crippen LogP contribution in [0.3, 0.4) is 0 Å². The van der Waals surface area contributed by atoms with Crippen LogP contribution < -0.4 is 24.7 Å². The minimum Gasteiger partial charge on any atom is -0.497 e. The first-order valence-electron chi connectivity index (χ1n) is 10.6. The molecule has 1 aliphatic rings. The maximum absolute atomic E-state index is 6.90. The van der Waals surface area contributed by atoms with Crippen LogP contribution in [0.2, 0.25) is 0 Å². The normalized spacial score (nSPS) is 20.8. The Hall–Kier alpha value is -2.44. The minimum absolute atomic E-state index is 0.0125. The second kappa shape index (κ2) is 9.58. The lowest BCUT2D eigenvalue weighted by Crippen LogP contribution is -2.60. The number of benzene rings is 2. The summed E-state index contributed by atoms with van der Waals surface area (Å²) in [7, 11) is 6.73. The predicted molar refractivity (Wildman–Crippen MR) is 118 cm³/mol. The van der Waals surface area contributed by atoms with Gasteiger partial charge < -0.3 is 23.4 Å². The van der Waals surface area contributed by atoms with Crippen molar-refractivity contribution in [1.29, 1.82) is 0 Å². The van der Waals surface area contributed by atoms with Crippen LogP contribution in [0, 0.1) is 0 Å². The van der Waals surface area contributed by atoms with Crippen molar-refractivity contribution in [2.45, 2.75) is 38.9 Å².